The Hall–Kier alpha value is -4.29. The molecule has 0 bridgehead atoms. The number of nitrogens with zero attached hydrogens (tertiary/aromatic N) is 1. The van der Waals surface area contributed by atoms with E-state index >= 15 is 0 Å². The molecule has 2 spiro atoms. The van der Waals surface area contributed by atoms with Gasteiger partial charge in [0.1, 0.15) is 16.7 Å². The first-order valence-corrected chi connectivity index (χ1v) is 13.5. The van der Waals surface area contributed by atoms with Gasteiger partial charge >= 0.3 is 0 Å². The Balaban J connectivity index is 1.48. The second-order valence-corrected chi connectivity index (χ2v) is 11.1. The number of ketones is 2. The second-order valence-electron chi connectivity index (χ2n) is 11.1. The Morgan fingerprint density at radius 1 is 0.923 bits per heavy atom. The molecule has 3 aliphatic heterocycles. The number of amides is 1. The first kappa shape index (κ1) is 22.7. The highest BCUT2D eigenvalue weighted by Gasteiger charge is 2.78. The molecule has 4 atom stereocenters. The molecule has 4 aromatic carbocycles. The highest BCUT2D eigenvalue weighted by atomic mass is 16.5. The summed E-state index contributed by atoms with van der Waals surface area (Å²) < 4.78 is 5.35. The molecule has 0 saturated carbocycles. The summed E-state index contributed by atoms with van der Waals surface area (Å²) in [5.74, 6) is -0.779. The second kappa shape index (κ2) is 7.64. The van der Waals surface area contributed by atoms with Crippen LogP contribution in [0.25, 0.3) is 10.8 Å². The summed E-state index contributed by atoms with van der Waals surface area (Å²) in [6, 6.07) is 26.2. The van der Waals surface area contributed by atoms with E-state index in [0.717, 1.165) is 40.4 Å². The van der Waals surface area contributed by atoms with E-state index < -0.39 is 16.9 Å². The Labute approximate surface area is 225 Å². The minimum absolute atomic E-state index is 0.0814. The lowest BCUT2D eigenvalue weighted by Gasteiger charge is -2.39. The van der Waals surface area contributed by atoms with Crippen molar-refractivity contribution >= 4 is 33.9 Å². The molecule has 6 nitrogen and oxygen atoms in total. The molecule has 1 amide bonds. The molecule has 1 aliphatic carbocycles. The van der Waals surface area contributed by atoms with Gasteiger partial charge in [0.25, 0.3) is 0 Å². The number of methoxy groups -OCH3 is 1. The highest BCUT2D eigenvalue weighted by Crippen LogP contribution is 2.67. The van der Waals surface area contributed by atoms with Crippen LogP contribution in [0.4, 0.5) is 5.69 Å². The molecule has 4 aromatic rings. The Morgan fingerprint density at radius 2 is 1.67 bits per heavy atom. The van der Waals surface area contributed by atoms with E-state index in [9.17, 15) is 14.4 Å². The topological polar surface area (TPSA) is 75.7 Å². The maximum Gasteiger partial charge on any atom is 0.237 e. The van der Waals surface area contributed by atoms with Gasteiger partial charge in [0.15, 0.2) is 11.6 Å². The van der Waals surface area contributed by atoms with Gasteiger partial charge in [-0.05, 0) is 71.6 Å². The van der Waals surface area contributed by atoms with E-state index in [-0.39, 0.29) is 23.5 Å². The van der Waals surface area contributed by atoms with Crippen LogP contribution in [0, 0.1) is 5.92 Å². The molecule has 39 heavy (non-hydrogen) atoms. The molecular formula is C33H26N2O4. The molecule has 1 unspecified atom stereocenters. The third-order valence-corrected chi connectivity index (χ3v) is 9.64. The SMILES string of the molecule is COc1ccc(C(=O)[C@H]2[C@]3(C(=O)Nc4ccccc43)C3CCCN3[C@]23C(=O)c2cccc4cccc3c24)cc1. The van der Waals surface area contributed by atoms with Crippen LogP contribution >= 0.6 is 0 Å². The molecule has 3 heterocycles. The summed E-state index contributed by atoms with van der Waals surface area (Å²) >= 11 is 0. The smallest absolute Gasteiger partial charge is 0.237 e. The van der Waals surface area contributed by atoms with Gasteiger partial charge in [-0.2, -0.15) is 0 Å². The number of para-hydroxylation sites is 1. The van der Waals surface area contributed by atoms with Crippen LogP contribution in [-0.4, -0.2) is 42.1 Å². The third kappa shape index (κ3) is 2.49. The van der Waals surface area contributed by atoms with Crippen LogP contribution in [0.3, 0.4) is 0 Å². The number of carbonyl (C=O) groups is 3. The summed E-state index contributed by atoms with van der Waals surface area (Å²) in [5.41, 5.74) is 0.985. The van der Waals surface area contributed by atoms with Crippen LogP contribution in [0.2, 0.25) is 0 Å². The zero-order valence-electron chi connectivity index (χ0n) is 21.4. The molecule has 6 heteroatoms. The highest BCUT2D eigenvalue weighted by molar-refractivity contribution is 6.25. The Bertz CT molecular complexity index is 1740. The predicted octanol–water partition coefficient (Wildman–Crippen LogP) is 5.11. The van der Waals surface area contributed by atoms with Crippen molar-refractivity contribution in [2.45, 2.75) is 29.8 Å². The monoisotopic (exact) mass is 514 g/mol. The lowest BCUT2D eigenvalue weighted by Crippen LogP contribution is -2.55. The molecule has 1 N–H and O–H groups in total. The largest absolute Gasteiger partial charge is 0.497 e. The van der Waals surface area contributed by atoms with Crippen LogP contribution in [0.5, 0.6) is 5.75 Å². The molecular weight excluding hydrogens is 488 g/mol. The van der Waals surface area contributed by atoms with Crippen LogP contribution in [0.1, 0.15) is 44.7 Å². The van der Waals surface area contributed by atoms with E-state index in [1.807, 2.05) is 60.7 Å². The number of benzene rings is 4. The van der Waals surface area contributed by atoms with Gasteiger partial charge in [0.05, 0.1) is 13.0 Å². The average molecular weight is 515 g/mol. The number of ether oxygens (including phenoxy) is 1. The number of Topliss-reactive ketones (excluding diaryl/α,β-unsaturated/α-hetero) is 2. The van der Waals surface area contributed by atoms with E-state index in [0.29, 0.717) is 23.4 Å². The van der Waals surface area contributed by atoms with Crippen molar-refractivity contribution in [1.29, 1.82) is 0 Å². The van der Waals surface area contributed by atoms with Crippen molar-refractivity contribution in [3.63, 3.8) is 0 Å². The number of hydrogen-bond donors (Lipinski definition) is 1. The van der Waals surface area contributed by atoms with Crippen molar-refractivity contribution in [2.24, 2.45) is 5.92 Å². The normalized spacial score (nSPS) is 28.3. The quantitative estimate of drug-likeness (QED) is 0.385. The van der Waals surface area contributed by atoms with Gasteiger partial charge in [-0.3, -0.25) is 19.3 Å². The van der Waals surface area contributed by atoms with Crippen molar-refractivity contribution in [3.8, 4) is 5.75 Å². The molecule has 2 saturated heterocycles. The van der Waals surface area contributed by atoms with E-state index in [1.165, 1.54) is 0 Å². The van der Waals surface area contributed by atoms with Crippen LogP contribution < -0.4 is 10.1 Å². The maximum atomic E-state index is 15.0. The standard InChI is InChI=1S/C33H26N2O4/c1-39-21-16-14-20(15-17-21)28(36)29-32(23-10-2-3-12-25(23)34-31(32)38)26-13-6-18-35(26)33(29)24-11-5-8-19-7-4-9-22(27(19)24)30(33)37/h2-5,7-12,14-17,26,29H,6,13,18H2,1H3,(H,34,38)/t26?,29-,32+,33-/m0/s1. The van der Waals surface area contributed by atoms with Crippen molar-refractivity contribution in [1.82, 2.24) is 4.90 Å². The minimum Gasteiger partial charge on any atom is -0.497 e. The van der Waals surface area contributed by atoms with Gasteiger partial charge in [0.2, 0.25) is 5.91 Å². The lowest BCUT2D eigenvalue weighted by molar-refractivity contribution is -0.122. The molecule has 4 aliphatic rings. The summed E-state index contributed by atoms with van der Waals surface area (Å²) in [5, 5.41) is 4.98. The average Bonchev–Trinajstić information content (AvgIpc) is 3.69. The number of hydrogen-bond acceptors (Lipinski definition) is 5. The summed E-state index contributed by atoms with van der Waals surface area (Å²) in [6.45, 7) is 0.643. The number of fused-ring (bicyclic) bond motifs is 6. The predicted molar refractivity (Wildman–Crippen MR) is 147 cm³/mol. The molecule has 0 radical (unpaired) electrons. The fraction of sp³-hybridized carbons (Fsp3) is 0.242. The summed E-state index contributed by atoms with van der Waals surface area (Å²) in [6.07, 6.45) is 1.59. The minimum atomic E-state index is -1.28. The van der Waals surface area contributed by atoms with E-state index in [2.05, 4.69) is 10.2 Å². The first-order valence-electron chi connectivity index (χ1n) is 13.5. The number of nitrogens with one attached hydrogen (secondary N) is 1. The van der Waals surface area contributed by atoms with Crippen LogP contribution in [-0.2, 0) is 15.7 Å². The Morgan fingerprint density at radius 3 is 2.46 bits per heavy atom. The lowest BCUT2D eigenvalue weighted by atomic mass is 9.59. The maximum absolute atomic E-state index is 15.0. The number of carbonyl (C=O) groups excluding carboxylic acids is 3. The first-order chi connectivity index (χ1) is 19.0. The third-order valence-electron chi connectivity index (χ3n) is 9.64. The van der Waals surface area contributed by atoms with Crippen molar-refractivity contribution in [2.75, 3.05) is 19.0 Å². The fourth-order valence-corrected chi connectivity index (χ4v) is 8.33. The van der Waals surface area contributed by atoms with Gasteiger partial charge < -0.3 is 10.1 Å². The molecule has 2 fully saturated rings. The molecule has 0 aromatic heterocycles. The van der Waals surface area contributed by atoms with Crippen molar-refractivity contribution in [3.05, 3.63) is 107 Å². The van der Waals surface area contributed by atoms with E-state index in [4.69, 9.17) is 4.74 Å². The molecule has 192 valence electrons. The van der Waals surface area contributed by atoms with Crippen molar-refractivity contribution < 1.29 is 19.1 Å². The fourth-order valence-electron chi connectivity index (χ4n) is 8.33. The Kier molecular flexibility index (Phi) is 4.44. The number of rotatable bonds is 3. The van der Waals surface area contributed by atoms with Gasteiger partial charge in [-0.15, -0.1) is 0 Å². The summed E-state index contributed by atoms with van der Waals surface area (Å²) in [7, 11) is 1.58. The van der Waals surface area contributed by atoms with Crippen LogP contribution in [0.15, 0.2) is 84.9 Å². The van der Waals surface area contributed by atoms with Gasteiger partial charge in [-0.1, -0.05) is 54.6 Å². The molecule has 8 rings (SSSR count). The summed E-state index contributed by atoms with van der Waals surface area (Å²) in [4.78, 5) is 46.5. The van der Waals surface area contributed by atoms with E-state index in [1.54, 1.807) is 31.4 Å². The number of anilines is 1. The zero-order chi connectivity index (χ0) is 26.5. The zero-order valence-corrected chi connectivity index (χ0v) is 21.4. The van der Waals surface area contributed by atoms with Gasteiger partial charge in [0, 0.05) is 22.9 Å². The van der Waals surface area contributed by atoms with Gasteiger partial charge in [-0.25, -0.2) is 0 Å².